The molecular weight excluding hydrogens is 138 g/mol. The molecule has 1 aliphatic heterocycles. The van der Waals surface area contributed by atoms with Gasteiger partial charge in [0.15, 0.2) is 0 Å². The van der Waals surface area contributed by atoms with Crippen molar-refractivity contribution in [2.24, 2.45) is 4.99 Å². The van der Waals surface area contributed by atoms with E-state index in [0.717, 1.165) is 6.21 Å². The predicted octanol–water partition coefficient (Wildman–Crippen LogP) is -1.28. The molecule has 0 spiro atoms. The minimum absolute atomic E-state index is 0.218. The van der Waals surface area contributed by atoms with E-state index in [4.69, 9.17) is 15.3 Å². The summed E-state index contributed by atoms with van der Waals surface area (Å²) < 4.78 is 0. The van der Waals surface area contributed by atoms with Gasteiger partial charge in [-0.2, -0.15) is 0 Å². The van der Waals surface area contributed by atoms with E-state index in [1.165, 1.54) is 0 Å². The summed E-state index contributed by atoms with van der Waals surface area (Å²) >= 11 is 0. The van der Waals surface area contributed by atoms with Gasteiger partial charge in [-0.1, -0.05) is 0 Å². The Morgan fingerprint density at radius 3 is 2.40 bits per heavy atom. The van der Waals surface area contributed by atoms with E-state index >= 15 is 0 Å². The van der Waals surface area contributed by atoms with E-state index in [9.17, 15) is 4.79 Å². The van der Waals surface area contributed by atoms with Gasteiger partial charge < -0.3 is 15.3 Å². The molecule has 0 bridgehead atoms. The van der Waals surface area contributed by atoms with Crippen LogP contribution in [0.2, 0.25) is 0 Å². The van der Waals surface area contributed by atoms with Crippen LogP contribution in [0.5, 0.6) is 0 Å². The molecule has 5 heteroatoms. The second-order valence-corrected chi connectivity index (χ2v) is 1.81. The lowest BCUT2D eigenvalue weighted by Crippen LogP contribution is -2.32. The van der Waals surface area contributed by atoms with E-state index < -0.39 is 11.7 Å². The highest BCUT2D eigenvalue weighted by Gasteiger charge is 2.39. The van der Waals surface area contributed by atoms with Crippen LogP contribution in [0.4, 0.5) is 0 Å². The SMILES string of the molecule is O=C1/C(=C/O)C=NC1(O)O. The Morgan fingerprint density at radius 2 is 2.20 bits per heavy atom. The second-order valence-electron chi connectivity index (χ2n) is 1.81. The predicted molar refractivity (Wildman–Crippen MR) is 31.4 cm³/mol. The second kappa shape index (κ2) is 1.89. The highest BCUT2D eigenvalue weighted by atomic mass is 16.5. The fourth-order valence-corrected chi connectivity index (χ4v) is 0.562. The molecule has 0 radical (unpaired) electrons. The quantitative estimate of drug-likeness (QED) is 0.224. The molecule has 5 nitrogen and oxygen atoms in total. The summed E-state index contributed by atoms with van der Waals surface area (Å²) in [7, 11) is 0. The van der Waals surface area contributed by atoms with Gasteiger partial charge >= 0.3 is 5.91 Å². The molecule has 0 aromatic carbocycles. The van der Waals surface area contributed by atoms with Crippen molar-refractivity contribution in [3.63, 3.8) is 0 Å². The molecule has 0 atom stereocenters. The Labute approximate surface area is 55.9 Å². The van der Waals surface area contributed by atoms with E-state index in [0.29, 0.717) is 6.26 Å². The minimum atomic E-state index is -2.67. The first kappa shape index (κ1) is 6.91. The van der Waals surface area contributed by atoms with Crippen molar-refractivity contribution in [2.45, 2.75) is 5.91 Å². The number of hydrogen-bond donors (Lipinski definition) is 3. The molecule has 10 heavy (non-hydrogen) atoms. The van der Waals surface area contributed by atoms with E-state index in [2.05, 4.69) is 4.99 Å². The topological polar surface area (TPSA) is 90.1 Å². The van der Waals surface area contributed by atoms with Crippen LogP contribution in [0.25, 0.3) is 0 Å². The van der Waals surface area contributed by atoms with Crippen molar-refractivity contribution in [1.29, 1.82) is 0 Å². The molecule has 0 saturated heterocycles. The van der Waals surface area contributed by atoms with Gasteiger partial charge in [0, 0.05) is 6.21 Å². The maximum Gasteiger partial charge on any atom is 0.332 e. The Morgan fingerprint density at radius 1 is 1.60 bits per heavy atom. The molecule has 0 fully saturated rings. The third kappa shape index (κ3) is 0.810. The zero-order valence-corrected chi connectivity index (χ0v) is 4.85. The Bertz CT molecular complexity index is 228. The van der Waals surface area contributed by atoms with Crippen molar-refractivity contribution in [2.75, 3.05) is 0 Å². The van der Waals surface area contributed by atoms with Gasteiger partial charge in [-0.15, -0.1) is 0 Å². The van der Waals surface area contributed by atoms with Crippen LogP contribution >= 0.6 is 0 Å². The largest absolute Gasteiger partial charge is 0.515 e. The van der Waals surface area contributed by atoms with E-state index in [-0.39, 0.29) is 5.57 Å². The number of aliphatic imine (C=N–C) groups is 1. The maximum absolute atomic E-state index is 10.6. The number of carbonyl (C=O) groups excluding carboxylic acids is 1. The Balaban J connectivity index is 3.00. The lowest BCUT2D eigenvalue weighted by atomic mass is 10.2. The number of rotatable bonds is 0. The van der Waals surface area contributed by atoms with Gasteiger partial charge in [-0.3, -0.25) is 4.79 Å². The first-order chi connectivity index (χ1) is 4.58. The Kier molecular flexibility index (Phi) is 1.31. The van der Waals surface area contributed by atoms with Crippen LogP contribution in [0.1, 0.15) is 0 Å². The monoisotopic (exact) mass is 143 g/mol. The molecule has 0 aliphatic carbocycles. The van der Waals surface area contributed by atoms with Gasteiger partial charge in [0.05, 0.1) is 11.8 Å². The zero-order valence-electron chi connectivity index (χ0n) is 4.85. The highest BCUT2D eigenvalue weighted by molar-refractivity contribution is 6.19. The van der Waals surface area contributed by atoms with Crippen LogP contribution in [0, 0.1) is 0 Å². The number of nitrogens with zero attached hydrogens (tertiary/aromatic N) is 1. The summed E-state index contributed by atoms with van der Waals surface area (Å²) in [5.74, 6) is -3.69. The smallest absolute Gasteiger partial charge is 0.332 e. The summed E-state index contributed by atoms with van der Waals surface area (Å²) in [5.41, 5.74) is -0.218. The Hall–Kier alpha value is -1.20. The molecule has 1 rings (SSSR count). The molecule has 1 heterocycles. The molecule has 0 saturated carbocycles. The number of Topliss-reactive ketones (excluding diaryl/α,β-unsaturated/α-hetero) is 1. The maximum atomic E-state index is 10.6. The summed E-state index contributed by atoms with van der Waals surface area (Å²) in [5, 5.41) is 25.5. The minimum Gasteiger partial charge on any atom is -0.515 e. The third-order valence-corrected chi connectivity index (χ3v) is 1.09. The van der Waals surface area contributed by atoms with Crippen molar-refractivity contribution in [3.05, 3.63) is 11.8 Å². The van der Waals surface area contributed by atoms with Crippen LogP contribution in [-0.4, -0.2) is 33.2 Å². The molecule has 0 aromatic rings. The normalized spacial score (nSPS) is 26.2. The number of aliphatic hydroxyl groups excluding tert-OH is 1. The molecule has 3 N–H and O–H groups in total. The summed E-state index contributed by atoms with van der Waals surface area (Å²) in [6.07, 6.45) is 1.36. The summed E-state index contributed by atoms with van der Waals surface area (Å²) in [6, 6.07) is 0. The van der Waals surface area contributed by atoms with Crippen molar-refractivity contribution < 1.29 is 20.1 Å². The molecular formula is C5H5NO4. The van der Waals surface area contributed by atoms with Gasteiger partial charge in [-0.05, 0) is 0 Å². The van der Waals surface area contributed by atoms with E-state index in [1.54, 1.807) is 0 Å². The van der Waals surface area contributed by atoms with Crippen LogP contribution in [0.3, 0.4) is 0 Å². The van der Waals surface area contributed by atoms with Gasteiger partial charge in [-0.25, -0.2) is 4.99 Å². The highest BCUT2D eigenvalue weighted by Crippen LogP contribution is 2.15. The standard InChI is InChI=1S/C5H5NO4/c7-2-3-1-6-5(9,10)4(3)8/h1-2,7,9-10H/b3-2+. The molecule has 0 aromatic heterocycles. The average Bonchev–Trinajstić information content (AvgIpc) is 2.10. The third-order valence-electron chi connectivity index (χ3n) is 1.09. The molecule has 1 aliphatic rings. The van der Waals surface area contributed by atoms with Crippen LogP contribution < -0.4 is 0 Å². The van der Waals surface area contributed by atoms with E-state index in [1.807, 2.05) is 0 Å². The lowest BCUT2D eigenvalue weighted by Gasteiger charge is -2.06. The van der Waals surface area contributed by atoms with Gasteiger partial charge in [0.2, 0.25) is 0 Å². The van der Waals surface area contributed by atoms with Crippen LogP contribution in [-0.2, 0) is 4.79 Å². The summed E-state index contributed by atoms with van der Waals surface area (Å²) in [6.45, 7) is 0. The number of carbonyl (C=O) groups is 1. The average molecular weight is 143 g/mol. The van der Waals surface area contributed by atoms with Gasteiger partial charge in [0.1, 0.15) is 0 Å². The fraction of sp³-hybridized carbons (Fsp3) is 0.200. The van der Waals surface area contributed by atoms with Gasteiger partial charge in [0.25, 0.3) is 5.78 Å². The molecule has 0 amide bonds. The van der Waals surface area contributed by atoms with Crippen LogP contribution in [0.15, 0.2) is 16.8 Å². The summed E-state index contributed by atoms with van der Waals surface area (Å²) in [4.78, 5) is 13.6. The van der Waals surface area contributed by atoms with Crippen molar-refractivity contribution in [3.8, 4) is 0 Å². The first-order valence-electron chi connectivity index (χ1n) is 2.47. The number of ketones is 1. The van der Waals surface area contributed by atoms with Crippen molar-refractivity contribution >= 4 is 12.0 Å². The molecule has 54 valence electrons. The fourth-order valence-electron chi connectivity index (χ4n) is 0.562. The lowest BCUT2D eigenvalue weighted by molar-refractivity contribution is -0.172. The molecule has 0 unspecified atom stereocenters. The number of hydrogen-bond acceptors (Lipinski definition) is 5. The van der Waals surface area contributed by atoms with Crippen molar-refractivity contribution in [1.82, 2.24) is 0 Å². The zero-order chi connectivity index (χ0) is 7.78. The number of aliphatic hydroxyl groups is 3. The first-order valence-corrected chi connectivity index (χ1v) is 2.47.